The summed E-state index contributed by atoms with van der Waals surface area (Å²) in [6, 6.07) is 13.1. The zero-order valence-corrected chi connectivity index (χ0v) is 20.5. The second-order valence-electron chi connectivity index (χ2n) is 8.26. The molecule has 2 amide bonds. The van der Waals surface area contributed by atoms with Gasteiger partial charge in [0.2, 0.25) is 11.8 Å². The monoisotopic (exact) mass is 466 g/mol. The molecule has 0 aliphatic rings. The van der Waals surface area contributed by atoms with Gasteiger partial charge in [-0.25, -0.2) is 4.98 Å². The predicted molar refractivity (Wildman–Crippen MR) is 133 cm³/mol. The molecule has 8 heteroatoms. The minimum absolute atomic E-state index is 0.00307. The third-order valence-electron chi connectivity index (χ3n) is 5.18. The highest BCUT2D eigenvalue weighted by molar-refractivity contribution is 7.99. The molecular weight excluding hydrogens is 436 g/mol. The van der Waals surface area contributed by atoms with E-state index in [1.54, 1.807) is 16.7 Å². The lowest BCUT2D eigenvalue weighted by Crippen LogP contribution is -2.43. The first-order valence-electron chi connectivity index (χ1n) is 11.0. The number of benzene rings is 2. The standard InChI is InChI=1S/C25H30N4O3S/c1-6-28(14-22(30)26-16(2)3)23(31)15-33-25-27-20-10-8-7-9-19(20)24(32)29(25)21-12-11-17(4)13-18(21)5/h7-13,16H,6,14-15H2,1-5H3,(H,26,30). The third-order valence-corrected chi connectivity index (χ3v) is 6.10. The molecule has 0 atom stereocenters. The Kier molecular flexibility index (Phi) is 7.92. The summed E-state index contributed by atoms with van der Waals surface area (Å²) in [5.74, 6) is -0.310. The van der Waals surface area contributed by atoms with Crippen LogP contribution in [0, 0.1) is 13.8 Å². The van der Waals surface area contributed by atoms with Gasteiger partial charge in [-0.15, -0.1) is 0 Å². The highest BCUT2D eigenvalue weighted by Crippen LogP contribution is 2.24. The van der Waals surface area contributed by atoms with E-state index in [1.165, 1.54) is 16.7 Å². The number of rotatable bonds is 8. The molecule has 0 unspecified atom stereocenters. The molecule has 1 aromatic heterocycles. The van der Waals surface area contributed by atoms with Crippen molar-refractivity contribution in [2.24, 2.45) is 0 Å². The van der Waals surface area contributed by atoms with Gasteiger partial charge in [0.1, 0.15) is 0 Å². The molecule has 3 aromatic rings. The normalized spacial score (nSPS) is 11.1. The maximum absolute atomic E-state index is 13.4. The number of hydrogen-bond acceptors (Lipinski definition) is 5. The van der Waals surface area contributed by atoms with Gasteiger partial charge in [0.15, 0.2) is 5.16 Å². The second kappa shape index (κ2) is 10.7. The Morgan fingerprint density at radius 2 is 1.88 bits per heavy atom. The zero-order valence-electron chi connectivity index (χ0n) is 19.7. The first-order valence-corrected chi connectivity index (χ1v) is 12.0. The maximum Gasteiger partial charge on any atom is 0.266 e. The van der Waals surface area contributed by atoms with E-state index in [2.05, 4.69) is 5.32 Å². The van der Waals surface area contributed by atoms with Crippen LogP contribution in [0.5, 0.6) is 0 Å². The average Bonchev–Trinajstić information content (AvgIpc) is 2.76. The number of nitrogens with one attached hydrogen (secondary N) is 1. The summed E-state index contributed by atoms with van der Waals surface area (Å²) in [5.41, 5.74) is 3.19. The summed E-state index contributed by atoms with van der Waals surface area (Å²) < 4.78 is 1.58. The van der Waals surface area contributed by atoms with Crippen LogP contribution in [0.4, 0.5) is 0 Å². The SMILES string of the molecule is CCN(CC(=O)NC(C)C)C(=O)CSc1nc2ccccc2c(=O)n1-c1ccc(C)cc1C. The Bertz CT molecular complexity index is 1240. The molecule has 0 saturated carbocycles. The van der Waals surface area contributed by atoms with E-state index in [4.69, 9.17) is 4.98 Å². The molecule has 0 aliphatic heterocycles. The van der Waals surface area contributed by atoms with Gasteiger partial charge in [-0.3, -0.25) is 19.0 Å². The summed E-state index contributed by atoms with van der Waals surface area (Å²) in [7, 11) is 0. The molecule has 0 aliphatic carbocycles. The van der Waals surface area contributed by atoms with Crippen LogP contribution in [0.1, 0.15) is 31.9 Å². The Labute approximate surface area is 198 Å². The quantitative estimate of drug-likeness (QED) is 0.406. The average molecular weight is 467 g/mol. The van der Waals surface area contributed by atoms with Crippen LogP contribution in [-0.2, 0) is 9.59 Å². The molecule has 0 radical (unpaired) electrons. The van der Waals surface area contributed by atoms with Crippen molar-refractivity contribution in [2.45, 2.75) is 45.8 Å². The zero-order chi connectivity index (χ0) is 24.1. The number of nitrogens with zero attached hydrogens (tertiary/aromatic N) is 3. The summed E-state index contributed by atoms with van der Waals surface area (Å²) >= 11 is 1.21. The van der Waals surface area contributed by atoms with Gasteiger partial charge in [-0.2, -0.15) is 0 Å². The summed E-state index contributed by atoms with van der Waals surface area (Å²) in [6.07, 6.45) is 0. The van der Waals surface area contributed by atoms with Crippen molar-refractivity contribution in [1.82, 2.24) is 19.8 Å². The minimum Gasteiger partial charge on any atom is -0.352 e. The van der Waals surface area contributed by atoms with E-state index in [0.29, 0.717) is 22.6 Å². The topological polar surface area (TPSA) is 84.3 Å². The lowest BCUT2D eigenvalue weighted by atomic mass is 10.1. The van der Waals surface area contributed by atoms with E-state index in [1.807, 2.05) is 65.0 Å². The summed E-state index contributed by atoms with van der Waals surface area (Å²) in [5, 5.41) is 3.78. The number of likely N-dealkylation sites (N-methyl/N-ethyl adjacent to an activating group) is 1. The molecule has 174 valence electrons. The minimum atomic E-state index is -0.193. The first-order chi connectivity index (χ1) is 15.7. The second-order valence-corrected chi connectivity index (χ2v) is 9.20. The number of carbonyl (C=O) groups excluding carboxylic acids is 2. The van der Waals surface area contributed by atoms with Gasteiger partial charge in [-0.05, 0) is 58.4 Å². The van der Waals surface area contributed by atoms with Gasteiger partial charge >= 0.3 is 0 Å². The van der Waals surface area contributed by atoms with Crippen LogP contribution in [0.25, 0.3) is 16.6 Å². The van der Waals surface area contributed by atoms with Crippen molar-refractivity contribution in [3.63, 3.8) is 0 Å². The number of aromatic nitrogens is 2. The lowest BCUT2D eigenvalue weighted by Gasteiger charge is -2.21. The smallest absolute Gasteiger partial charge is 0.266 e. The van der Waals surface area contributed by atoms with Crippen LogP contribution in [-0.4, -0.2) is 51.1 Å². The van der Waals surface area contributed by atoms with E-state index >= 15 is 0 Å². The third kappa shape index (κ3) is 5.82. The van der Waals surface area contributed by atoms with Crippen molar-refractivity contribution in [1.29, 1.82) is 0 Å². The number of aryl methyl sites for hydroxylation is 2. The van der Waals surface area contributed by atoms with Crippen molar-refractivity contribution in [3.8, 4) is 5.69 Å². The van der Waals surface area contributed by atoms with Crippen LogP contribution in [0.2, 0.25) is 0 Å². The van der Waals surface area contributed by atoms with Crippen molar-refractivity contribution in [2.75, 3.05) is 18.8 Å². The number of para-hydroxylation sites is 1. The van der Waals surface area contributed by atoms with Crippen molar-refractivity contribution >= 4 is 34.5 Å². The lowest BCUT2D eigenvalue weighted by molar-refractivity contribution is -0.134. The fraction of sp³-hybridized carbons (Fsp3) is 0.360. The Morgan fingerprint density at radius 1 is 1.15 bits per heavy atom. The van der Waals surface area contributed by atoms with Gasteiger partial charge in [0.25, 0.3) is 5.56 Å². The van der Waals surface area contributed by atoms with Crippen LogP contribution >= 0.6 is 11.8 Å². The molecule has 0 spiro atoms. The first kappa shape index (κ1) is 24.5. The number of carbonyl (C=O) groups is 2. The van der Waals surface area contributed by atoms with E-state index in [9.17, 15) is 14.4 Å². The fourth-order valence-electron chi connectivity index (χ4n) is 3.61. The van der Waals surface area contributed by atoms with E-state index < -0.39 is 0 Å². The molecule has 0 fully saturated rings. The Morgan fingerprint density at radius 3 is 2.55 bits per heavy atom. The molecule has 3 rings (SSSR count). The molecule has 0 bridgehead atoms. The summed E-state index contributed by atoms with van der Waals surface area (Å²) in [6.45, 7) is 9.97. The molecular formula is C25H30N4O3S. The molecule has 1 N–H and O–H groups in total. The predicted octanol–water partition coefficient (Wildman–Crippen LogP) is 3.47. The fourth-order valence-corrected chi connectivity index (χ4v) is 4.52. The molecule has 1 heterocycles. The number of amides is 2. The van der Waals surface area contributed by atoms with Gasteiger partial charge in [-0.1, -0.05) is 41.6 Å². The maximum atomic E-state index is 13.4. The van der Waals surface area contributed by atoms with Gasteiger partial charge in [0, 0.05) is 12.6 Å². The highest BCUT2D eigenvalue weighted by Gasteiger charge is 2.20. The molecule has 2 aromatic carbocycles. The van der Waals surface area contributed by atoms with Crippen molar-refractivity contribution in [3.05, 3.63) is 63.9 Å². The van der Waals surface area contributed by atoms with Crippen LogP contribution < -0.4 is 10.9 Å². The van der Waals surface area contributed by atoms with E-state index in [0.717, 1.165) is 16.8 Å². The molecule has 7 nitrogen and oxygen atoms in total. The van der Waals surface area contributed by atoms with Crippen LogP contribution in [0.3, 0.4) is 0 Å². The highest BCUT2D eigenvalue weighted by atomic mass is 32.2. The number of fused-ring (bicyclic) bond motifs is 1. The molecule has 33 heavy (non-hydrogen) atoms. The molecule has 0 saturated heterocycles. The summed E-state index contributed by atoms with van der Waals surface area (Å²) in [4.78, 5) is 44.7. The Hall–Kier alpha value is -3.13. The number of thioether (sulfide) groups is 1. The van der Waals surface area contributed by atoms with Crippen molar-refractivity contribution < 1.29 is 9.59 Å². The van der Waals surface area contributed by atoms with E-state index in [-0.39, 0.29) is 35.7 Å². The largest absolute Gasteiger partial charge is 0.352 e. The Balaban J connectivity index is 1.94. The van der Waals surface area contributed by atoms with Gasteiger partial charge in [0.05, 0.1) is 28.9 Å². The van der Waals surface area contributed by atoms with Crippen LogP contribution in [0.15, 0.2) is 52.4 Å². The number of hydrogen-bond donors (Lipinski definition) is 1. The van der Waals surface area contributed by atoms with Gasteiger partial charge < -0.3 is 10.2 Å².